The summed E-state index contributed by atoms with van der Waals surface area (Å²) in [6.07, 6.45) is 2.06. The van der Waals surface area contributed by atoms with Gasteiger partial charge in [-0.05, 0) is 26.3 Å². The number of hydrogen-bond acceptors (Lipinski definition) is 3. The highest BCUT2D eigenvalue weighted by Crippen LogP contribution is 2.33. The summed E-state index contributed by atoms with van der Waals surface area (Å²) in [5.41, 5.74) is 4.77. The zero-order chi connectivity index (χ0) is 10.9. The van der Waals surface area contributed by atoms with Crippen molar-refractivity contribution in [2.45, 2.75) is 31.0 Å². The fraction of sp³-hybridized carbons (Fsp3) is 1.00. The van der Waals surface area contributed by atoms with E-state index in [1.165, 1.54) is 0 Å². The van der Waals surface area contributed by atoms with E-state index in [1.54, 1.807) is 0 Å². The fourth-order valence-electron chi connectivity index (χ4n) is 2.67. The molecule has 1 aliphatic heterocycles. The van der Waals surface area contributed by atoms with E-state index in [1.807, 2.05) is 0 Å². The molecule has 2 rings (SSSR count). The second-order valence-corrected chi connectivity index (χ2v) is 5.23. The second kappa shape index (κ2) is 4.36. The summed E-state index contributed by atoms with van der Waals surface area (Å²) in [4.78, 5) is 4.54. The van der Waals surface area contributed by atoms with Crippen LogP contribution >= 0.6 is 0 Å². The Labute approximate surface area is 91.4 Å². The highest BCUT2D eigenvalue weighted by Gasteiger charge is 2.39. The average Bonchev–Trinajstić information content (AvgIpc) is 2.50. The zero-order valence-corrected chi connectivity index (χ0v) is 9.58. The molecule has 0 amide bonds. The van der Waals surface area contributed by atoms with Crippen molar-refractivity contribution in [1.82, 2.24) is 9.80 Å². The molecule has 2 unspecified atom stereocenters. The number of nitrogens with zero attached hydrogens (tertiary/aromatic N) is 2. The Kier molecular flexibility index (Phi) is 3.28. The number of alkyl halides is 1. The van der Waals surface area contributed by atoms with Gasteiger partial charge in [-0.25, -0.2) is 4.39 Å². The Bertz CT molecular complexity index is 216. The molecule has 88 valence electrons. The van der Waals surface area contributed by atoms with Gasteiger partial charge in [-0.2, -0.15) is 0 Å². The van der Waals surface area contributed by atoms with Crippen molar-refractivity contribution >= 4 is 0 Å². The van der Waals surface area contributed by atoms with E-state index in [9.17, 15) is 4.39 Å². The van der Waals surface area contributed by atoms with Crippen molar-refractivity contribution in [1.29, 1.82) is 0 Å². The molecule has 0 bridgehead atoms. The summed E-state index contributed by atoms with van der Waals surface area (Å²) in [6, 6.07) is 0.0856. The summed E-state index contributed by atoms with van der Waals surface area (Å²) < 4.78 is 14.3. The van der Waals surface area contributed by atoms with Crippen molar-refractivity contribution < 1.29 is 4.39 Å². The van der Waals surface area contributed by atoms with Gasteiger partial charge in [-0.1, -0.05) is 0 Å². The molecular formula is C11H22FN3. The van der Waals surface area contributed by atoms with Gasteiger partial charge in [0.1, 0.15) is 5.67 Å². The maximum atomic E-state index is 14.3. The molecule has 1 saturated heterocycles. The molecule has 0 aromatic heterocycles. The molecule has 1 aliphatic carbocycles. The summed E-state index contributed by atoms with van der Waals surface area (Å²) in [6.45, 7) is 4.70. The summed E-state index contributed by atoms with van der Waals surface area (Å²) in [5.74, 6) is 0. The maximum Gasteiger partial charge on any atom is 0.125 e. The molecule has 3 nitrogen and oxygen atoms in total. The van der Waals surface area contributed by atoms with Crippen LogP contribution in [0.3, 0.4) is 0 Å². The lowest BCUT2D eigenvalue weighted by atomic mass is 10.0. The van der Waals surface area contributed by atoms with Gasteiger partial charge in [0.2, 0.25) is 0 Å². The predicted molar refractivity (Wildman–Crippen MR) is 59.6 cm³/mol. The van der Waals surface area contributed by atoms with E-state index in [0.29, 0.717) is 19.4 Å². The number of rotatable bonds is 2. The first kappa shape index (κ1) is 11.3. The molecule has 2 fully saturated rings. The normalized spacial score (nSPS) is 39.8. The molecule has 0 aromatic rings. The van der Waals surface area contributed by atoms with E-state index >= 15 is 0 Å². The van der Waals surface area contributed by atoms with Gasteiger partial charge in [-0.15, -0.1) is 0 Å². The van der Waals surface area contributed by atoms with Gasteiger partial charge >= 0.3 is 0 Å². The largest absolute Gasteiger partial charge is 0.328 e. The summed E-state index contributed by atoms with van der Waals surface area (Å²) in [5, 5.41) is 0. The van der Waals surface area contributed by atoms with Crippen LogP contribution in [0.2, 0.25) is 0 Å². The smallest absolute Gasteiger partial charge is 0.125 e. The molecule has 4 heteroatoms. The van der Waals surface area contributed by atoms with E-state index in [-0.39, 0.29) is 6.04 Å². The quantitative estimate of drug-likeness (QED) is 0.726. The van der Waals surface area contributed by atoms with Crippen LogP contribution in [0.1, 0.15) is 19.3 Å². The van der Waals surface area contributed by atoms with E-state index in [0.717, 1.165) is 32.6 Å². The molecule has 0 spiro atoms. The summed E-state index contributed by atoms with van der Waals surface area (Å²) in [7, 11) is 2.12. The minimum absolute atomic E-state index is 0.0856. The molecule has 2 N–H and O–H groups in total. The van der Waals surface area contributed by atoms with E-state index < -0.39 is 5.67 Å². The van der Waals surface area contributed by atoms with Crippen LogP contribution < -0.4 is 5.73 Å². The lowest BCUT2D eigenvalue weighted by molar-refractivity contribution is 0.0663. The van der Waals surface area contributed by atoms with Gasteiger partial charge in [0.05, 0.1) is 0 Å². The molecule has 0 aromatic carbocycles. The Morgan fingerprint density at radius 3 is 2.53 bits per heavy atom. The monoisotopic (exact) mass is 215 g/mol. The van der Waals surface area contributed by atoms with Crippen LogP contribution in [0.15, 0.2) is 0 Å². The van der Waals surface area contributed by atoms with Crippen LogP contribution in [0.5, 0.6) is 0 Å². The van der Waals surface area contributed by atoms with Crippen molar-refractivity contribution in [2.24, 2.45) is 5.73 Å². The Hall–Kier alpha value is -0.190. The van der Waals surface area contributed by atoms with Gasteiger partial charge in [-0.3, -0.25) is 4.90 Å². The van der Waals surface area contributed by atoms with Crippen molar-refractivity contribution in [3.05, 3.63) is 0 Å². The molecule has 2 atom stereocenters. The third kappa shape index (κ3) is 2.89. The number of likely N-dealkylation sites (N-methyl/N-ethyl adjacent to an activating group) is 1. The molecule has 0 radical (unpaired) electrons. The Balaban J connectivity index is 1.81. The van der Waals surface area contributed by atoms with Crippen LogP contribution in [-0.4, -0.2) is 61.3 Å². The fourth-order valence-corrected chi connectivity index (χ4v) is 2.67. The topological polar surface area (TPSA) is 32.5 Å². The van der Waals surface area contributed by atoms with Crippen LogP contribution in [0.25, 0.3) is 0 Å². The van der Waals surface area contributed by atoms with Crippen molar-refractivity contribution in [3.63, 3.8) is 0 Å². The van der Waals surface area contributed by atoms with Crippen molar-refractivity contribution in [3.8, 4) is 0 Å². The lowest BCUT2D eigenvalue weighted by Gasteiger charge is -2.35. The predicted octanol–water partition coefficient (Wildman–Crippen LogP) is 0.453. The number of halogens is 1. The first-order chi connectivity index (χ1) is 7.07. The minimum atomic E-state index is -1.00. The number of hydrogen-bond donors (Lipinski definition) is 1. The Morgan fingerprint density at radius 2 is 2.00 bits per heavy atom. The first-order valence-electron chi connectivity index (χ1n) is 5.93. The van der Waals surface area contributed by atoms with E-state index in [2.05, 4.69) is 16.8 Å². The van der Waals surface area contributed by atoms with Gasteiger partial charge in [0.15, 0.2) is 0 Å². The van der Waals surface area contributed by atoms with Gasteiger partial charge in [0.25, 0.3) is 0 Å². The van der Waals surface area contributed by atoms with Crippen LogP contribution in [0, 0.1) is 0 Å². The van der Waals surface area contributed by atoms with Crippen LogP contribution in [0.4, 0.5) is 4.39 Å². The second-order valence-electron chi connectivity index (χ2n) is 5.23. The molecule has 1 saturated carbocycles. The molecule has 2 aliphatic rings. The van der Waals surface area contributed by atoms with Gasteiger partial charge < -0.3 is 10.6 Å². The molecule has 1 heterocycles. The third-order valence-electron chi connectivity index (χ3n) is 3.69. The van der Waals surface area contributed by atoms with Gasteiger partial charge in [0, 0.05) is 38.8 Å². The maximum absolute atomic E-state index is 14.3. The minimum Gasteiger partial charge on any atom is -0.328 e. The lowest BCUT2D eigenvalue weighted by Crippen LogP contribution is -2.49. The highest BCUT2D eigenvalue weighted by molar-refractivity contribution is 4.94. The SMILES string of the molecule is CN1CCN(CC2(F)CCC(N)C2)CC1. The van der Waals surface area contributed by atoms with Crippen LogP contribution in [-0.2, 0) is 0 Å². The number of nitrogens with two attached hydrogens (primary N) is 1. The zero-order valence-electron chi connectivity index (χ0n) is 9.58. The number of piperazine rings is 1. The average molecular weight is 215 g/mol. The Morgan fingerprint density at radius 1 is 1.33 bits per heavy atom. The molecule has 15 heavy (non-hydrogen) atoms. The first-order valence-corrected chi connectivity index (χ1v) is 5.93. The van der Waals surface area contributed by atoms with E-state index in [4.69, 9.17) is 5.73 Å². The standard InChI is InChI=1S/C11H22FN3/c1-14-4-6-15(7-5-14)9-11(12)3-2-10(13)8-11/h10H,2-9,13H2,1H3. The van der Waals surface area contributed by atoms with Crippen molar-refractivity contribution in [2.75, 3.05) is 39.8 Å². The molecular weight excluding hydrogens is 193 g/mol. The highest BCUT2D eigenvalue weighted by atomic mass is 19.1. The summed E-state index contributed by atoms with van der Waals surface area (Å²) >= 11 is 0. The third-order valence-corrected chi connectivity index (χ3v) is 3.69.